The smallest absolute Gasteiger partial charge is 0.306 e. The van der Waals surface area contributed by atoms with Crippen LogP contribution in [0, 0.1) is 24.2 Å². The number of aliphatic hydroxyl groups excluding tert-OH is 1. The Morgan fingerprint density at radius 2 is 1.70 bits per heavy atom. The fourth-order valence-electron chi connectivity index (χ4n) is 5.69. The van der Waals surface area contributed by atoms with Crippen LogP contribution in [0.15, 0.2) is 47.4 Å². The predicted molar refractivity (Wildman–Crippen MR) is 207 cm³/mol. The van der Waals surface area contributed by atoms with Crippen molar-refractivity contribution < 1.29 is 33.7 Å². The molecule has 0 spiro atoms. The van der Waals surface area contributed by atoms with Crippen LogP contribution in [0.1, 0.15) is 104 Å². The van der Waals surface area contributed by atoms with E-state index in [1.54, 1.807) is 39.2 Å². The number of aromatic nitrogens is 1. The van der Waals surface area contributed by atoms with Gasteiger partial charge in [-0.3, -0.25) is 9.59 Å². The van der Waals surface area contributed by atoms with Crippen LogP contribution in [-0.2, 0) is 25.4 Å². The molecule has 1 aromatic carbocycles. The third-order valence-corrected chi connectivity index (χ3v) is 15.5. The number of carboxylic acid groups (broad SMARTS) is 1. The lowest BCUT2D eigenvalue weighted by molar-refractivity contribution is -0.152. The SMILES string of the molecule is COc1ccc(CO[C@@H](CC(=O)O)C(C)(C)C(=O)[C@@H](C)[C@H](O)[C@@H](C)CCC/C=C\C[C@H](O[Si](C)(C)C(C)(C)C)/C(C)=C/c2csc(C)n2)cc1. The van der Waals surface area contributed by atoms with Gasteiger partial charge in [0.1, 0.15) is 11.5 Å². The van der Waals surface area contributed by atoms with Gasteiger partial charge < -0.3 is 24.1 Å². The molecule has 0 aliphatic carbocycles. The van der Waals surface area contributed by atoms with E-state index in [0.717, 1.165) is 41.9 Å². The number of hydrogen-bond donors (Lipinski definition) is 2. The number of benzene rings is 1. The minimum absolute atomic E-state index is 0.0322. The number of aryl methyl sites for hydroxylation is 1. The van der Waals surface area contributed by atoms with Gasteiger partial charge in [-0.25, -0.2) is 4.98 Å². The van der Waals surface area contributed by atoms with Crippen molar-refractivity contribution in [1.82, 2.24) is 4.98 Å². The number of allylic oxidation sites excluding steroid dienone is 1. The Hall–Kier alpha value is -2.63. The van der Waals surface area contributed by atoms with Crippen LogP contribution >= 0.6 is 11.3 Å². The number of nitrogens with zero attached hydrogens (tertiary/aromatic N) is 1. The van der Waals surface area contributed by atoms with Crippen LogP contribution in [0.2, 0.25) is 18.1 Å². The molecule has 2 aromatic rings. The zero-order chi connectivity index (χ0) is 37.9. The number of aliphatic carboxylic acids is 1. The molecular formula is C40H63NO7SSi. The fraction of sp³-hybridized carbons (Fsp3) is 0.625. The summed E-state index contributed by atoms with van der Waals surface area (Å²) >= 11 is 1.65. The van der Waals surface area contributed by atoms with E-state index in [2.05, 4.69) is 69.4 Å². The van der Waals surface area contributed by atoms with E-state index < -0.39 is 37.8 Å². The number of rotatable bonds is 21. The van der Waals surface area contributed by atoms with Crippen LogP contribution in [0.3, 0.4) is 0 Å². The average Bonchev–Trinajstić information content (AvgIpc) is 3.45. The second-order valence-electron chi connectivity index (χ2n) is 15.8. The number of Topliss-reactive ketones (excluding diaryl/α,β-unsaturated/α-hetero) is 1. The number of hydrogen-bond acceptors (Lipinski definition) is 8. The Balaban J connectivity index is 1.99. The molecule has 1 heterocycles. The molecule has 0 aliphatic rings. The lowest BCUT2D eigenvalue weighted by atomic mass is 9.73. The molecule has 0 bridgehead atoms. The van der Waals surface area contributed by atoms with E-state index in [1.165, 1.54) is 5.57 Å². The summed E-state index contributed by atoms with van der Waals surface area (Å²) in [5.41, 5.74) is 1.86. The first-order chi connectivity index (χ1) is 23.2. The van der Waals surface area contributed by atoms with Gasteiger partial charge in [-0.2, -0.15) is 0 Å². The zero-order valence-corrected chi connectivity index (χ0v) is 34.4. The molecule has 1 aromatic heterocycles. The molecule has 280 valence electrons. The molecule has 50 heavy (non-hydrogen) atoms. The number of aliphatic hydroxyl groups is 1. The highest BCUT2D eigenvalue weighted by Crippen LogP contribution is 2.39. The van der Waals surface area contributed by atoms with E-state index in [-0.39, 0.29) is 35.9 Å². The molecule has 2 rings (SSSR count). The van der Waals surface area contributed by atoms with Crippen molar-refractivity contribution in [3.05, 3.63) is 63.6 Å². The molecule has 0 saturated carbocycles. The summed E-state index contributed by atoms with van der Waals surface area (Å²) in [5, 5.41) is 24.1. The Kier molecular flexibility index (Phi) is 16.8. The minimum atomic E-state index is -2.01. The summed E-state index contributed by atoms with van der Waals surface area (Å²) in [4.78, 5) is 30.1. The second-order valence-corrected chi connectivity index (χ2v) is 21.6. The van der Waals surface area contributed by atoms with Crippen molar-refractivity contribution in [1.29, 1.82) is 0 Å². The molecule has 0 aliphatic heterocycles. The second kappa shape index (κ2) is 19.3. The van der Waals surface area contributed by atoms with E-state index in [4.69, 9.17) is 13.9 Å². The number of unbranched alkanes of at least 4 members (excludes halogenated alkanes) is 1. The Morgan fingerprint density at radius 1 is 1.06 bits per heavy atom. The first-order valence-corrected chi connectivity index (χ1v) is 21.6. The Morgan fingerprint density at radius 3 is 2.24 bits per heavy atom. The van der Waals surface area contributed by atoms with Crippen molar-refractivity contribution in [3.63, 3.8) is 0 Å². The van der Waals surface area contributed by atoms with E-state index in [1.807, 2.05) is 38.1 Å². The van der Waals surface area contributed by atoms with Crippen LogP contribution in [0.25, 0.3) is 6.08 Å². The third-order valence-electron chi connectivity index (χ3n) is 10.2. The summed E-state index contributed by atoms with van der Waals surface area (Å²) in [6, 6.07) is 7.31. The standard InChI is InChI=1S/C40H63NO7SSi/c1-27(17-15-13-14-16-18-34(48-50(11,12)39(5,6)7)28(2)23-32-26-49-30(4)41-32)37(44)29(3)38(45)40(8,9)35(24-36(42)43)47-25-31-19-21-33(46-10)22-20-31/h14,16,19-23,26-27,29,34-35,37,44H,13,15,17-18,24-25H2,1-12H3,(H,42,43)/b16-14-,28-23+/t27-,29-,34-,35-,37+/m0/s1. The number of thiazole rings is 1. The summed E-state index contributed by atoms with van der Waals surface area (Å²) in [5.74, 6) is -1.33. The van der Waals surface area contributed by atoms with Gasteiger partial charge in [0.25, 0.3) is 0 Å². The molecule has 2 N–H and O–H groups in total. The summed E-state index contributed by atoms with van der Waals surface area (Å²) in [7, 11) is -0.419. The van der Waals surface area contributed by atoms with Crippen LogP contribution in [-0.4, -0.2) is 60.7 Å². The van der Waals surface area contributed by atoms with Gasteiger partial charge in [-0.05, 0) is 92.9 Å². The average molecular weight is 730 g/mol. The lowest BCUT2D eigenvalue weighted by Crippen LogP contribution is -2.46. The number of ketones is 1. The number of methoxy groups -OCH3 is 1. The largest absolute Gasteiger partial charge is 0.497 e. The topological polar surface area (TPSA) is 115 Å². The van der Waals surface area contributed by atoms with Crippen molar-refractivity contribution in [2.45, 2.75) is 137 Å². The van der Waals surface area contributed by atoms with Gasteiger partial charge in [0.05, 0.1) is 54.6 Å². The number of carboxylic acids is 1. The van der Waals surface area contributed by atoms with E-state index in [9.17, 15) is 19.8 Å². The highest BCUT2D eigenvalue weighted by molar-refractivity contribution is 7.09. The molecule has 5 atom stereocenters. The maximum atomic E-state index is 13.8. The number of carbonyl (C=O) groups is 2. The van der Waals surface area contributed by atoms with Crippen LogP contribution < -0.4 is 4.74 Å². The van der Waals surface area contributed by atoms with Gasteiger partial charge in [0.15, 0.2) is 8.32 Å². The summed E-state index contributed by atoms with van der Waals surface area (Å²) < 4.78 is 18.1. The van der Waals surface area contributed by atoms with Gasteiger partial charge in [0, 0.05) is 11.3 Å². The maximum Gasteiger partial charge on any atom is 0.306 e. The van der Waals surface area contributed by atoms with Crippen molar-refractivity contribution >= 4 is 37.5 Å². The normalized spacial score (nSPS) is 16.2. The molecule has 0 unspecified atom stereocenters. The molecular weight excluding hydrogens is 667 g/mol. The minimum Gasteiger partial charge on any atom is -0.497 e. The molecule has 8 nitrogen and oxygen atoms in total. The molecule has 0 saturated heterocycles. The fourth-order valence-corrected chi connectivity index (χ4v) is 7.61. The maximum absolute atomic E-state index is 13.8. The number of carbonyl (C=O) groups excluding carboxylic acids is 1. The number of ether oxygens (including phenoxy) is 2. The summed E-state index contributed by atoms with van der Waals surface area (Å²) in [6.07, 6.45) is 7.70. The highest BCUT2D eigenvalue weighted by atomic mass is 32.1. The third kappa shape index (κ3) is 13.2. The first-order valence-electron chi connectivity index (χ1n) is 17.8. The first kappa shape index (κ1) is 43.5. The molecule has 0 radical (unpaired) electrons. The van der Waals surface area contributed by atoms with E-state index in [0.29, 0.717) is 5.75 Å². The molecule has 0 amide bonds. The van der Waals surface area contributed by atoms with Gasteiger partial charge in [0.2, 0.25) is 0 Å². The van der Waals surface area contributed by atoms with Gasteiger partial charge in [-0.1, -0.05) is 72.8 Å². The monoisotopic (exact) mass is 729 g/mol. The molecule has 0 fully saturated rings. The summed E-state index contributed by atoms with van der Waals surface area (Å²) in [6.45, 7) is 22.8. The van der Waals surface area contributed by atoms with Gasteiger partial charge in [-0.15, -0.1) is 11.3 Å². The molecule has 10 heteroatoms. The lowest BCUT2D eigenvalue weighted by Gasteiger charge is -2.39. The van der Waals surface area contributed by atoms with Crippen LogP contribution in [0.4, 0.5) is 0 Å². The quantitative estimate of drug-likeness (QED) is 0.0742. The Bertz CT molecular complexity index is 1420. The van der Waals surface area contributed by atoms with Gasteiger partial charge >= 0.3 is 5.97 Å². The van der Waals surface area contributed by atoms with Crippen LogP contribution in [0.5, 0.6) is 5.75 Å². The highest BCUT2D eigenvalue weighted by Gasteiger charge is 2.43. The van der Waals surface area contributed by atoms with Crippen molar-refractivity contribution in [3.8, 4) is 5.75 Å². The van der Waals surface area contributed by atoms with Crippen molar-refractivity contribution in [2.75, 3.05) is 7.11 Å². The van der Waals surface area contributed by atoms with E-state index >= 15 is 0 Å². The van der Waals surface area contributed by atoms with Crippen molar-refractivity contribution in [2.24, 2.45) is 17.3 Å². The predicted octanol–water partition coefficient (Wildman–Crippen LogP) is 9.66. The zero-order valence-electron chi connectivity index (χ0n) is 32.5. The Labute approximate surface area is 306 Å².